The van der Waals surface area contributed by atoms with Crippen molar-refractivity contribution in [3.05, 3.63) is 35.9 Å². The largest absolute Gasteiger partial charge is 0.394 e. The molecular formula is C14H20N2O3. The number of nitrogens with two attached hydrogens (primary N) is 1. The number of hydrogen-bond acceptors (Lipinski definition) is 4. The molecule has 1 amide bonds. The standard InChI is InChI=1S/C14H20N2O3/c15-14(6-8-19-9-7-14)13(18)16-12(10-17)11-4-2-1-3-5-11/h1-5,12,17H,6-10,15H2,(H,16,18). The van der Waals surface area contributed by atoms with Crippen molar-refractivity contribution < 1.29 is 14.6 Å². The number of carbonyl (C=O) groups excluding carboxylic acids is 1. The van der Waals surface area contributed by atoms with Gasteiger partial charge in [0.15, 0.2) is 0 Å². The number of ether oxygens (including phenoxy) is 1. The number of amides is 1. The van der Waals surface area contributed by atoms with Crippen molar-refractivity contribution in [2.24, 2.45) is 5.73 Å². The van der Waals surface area contributed by atoms with Crippen molar-refractivity contribution in [2.75, 3.05) is 19.8 Å². The molecule has 1 unspecified atom stereocenters. The molecule has 104 valence electrons. The summed E-state index contributed by atoms with van der Waals surface area (Å²) >= 11 is 0. The van der Waals surface area contributed by atoms with Gasteiger partial charge in [-0.3, -0.25) is 4.79 Å². The second-order valence-corrected chi connectivity index (χ2v) is 4.89. The molecule has 0 saturated carbocycles. The van der Waals surface area contributed by atoms with Crippen LogP contribution in [0.5, 0.6) is 0 Å². The molecule has 0 aliphatic carbocycles. The Bertz CT molecular complexity index is 416. The highest BCUT2D eigenvalue weighted by Crippen LogP contribution is 2.20. The second kappa shape index (κ2) is 6.14. The fraction of sp³-hybridized carbons (Fsp3) is 0.500. The highest BCUT2D eigenvalue weighted by atomic mass is 16.5. The fourth-order valence-corrected chi connectivity index (χ4v) is 2.18. The van der Waals surface area contributed by atoms with Gasteiger partial charge in [-0.1, -0.05) is 30.3 Å². The Kier molecular flexibility index (Phi) is 4.52. The van der Waals surface area contributed by atoms with Crippen LogP contribution in [-0.2, 0) is 9.53 Å². The zero-order valence-corrected chi connectivity index (χ0v) is 10.8. The van der Waals surface area contributed by atoms with Crippen LogP contribution in [-0.4, -0.2) is 36.4 Å². The summed E-state index contributed by atoms with van der Waals surface area (Å²) in [6.45, 7) is 0.848. The number of hydrogen-bond donors (Lipinski definition) is 3. The first-order chi connectivity index (χ1) is 9.15. The summed E-state index contributed by atoms with van der Waals surface area (Å²) in [5.74, 6) is -0.223. The first-order valence-corrected chi connectivity index (χ1v) is 6.49. The summed E-state index contributed by atoms with van der Waals surface area (Å²) in [4.78, 5) is 12.3. The Balaban J connectivity index is 2.04. The molecule has 1 aliphatic heterocycles. The summed E-state index contributed by atoms with van der Waals surface area (Å²) in [6, 6.07) is 8.95. The molecule has 0 bridgehead atoms. The molecule has 1 aromatic rings. The van der Waals surface area contributed by atoms with E-state index in [0.29, 0.717) is 26.1 Å². The SMILES string of the molecule is NC1(C(=O)NC(CO)c2ccccc2)CCOCC1. The molecular weight excluding hydrogens is 244 g/mol. The molecule has 19 heavy (non-hydrogen) atoms. The van der Waals surface area contributed by atoms with Gasteiger partial charge in [0.05, 0.1) is 18.2 Å². The number of nitrogens with one attached hydrogen (secondary N) is 1. The predicted molar refractivity (Wildman–Crippen MR) is 71.4 cm³/mol. The molecule has 0 spiro atoms. The summed E-state index contributed by atoms with van der Waals surface area (Å²) in [5.41, 5.74) is 6.09. The van der Waals surface area contributed by atoms with E-state index in [1.165, 1.54) is 0 Å². The lowest BCUT2D eigenvalue weighted by Gasteiger charge is -2.33. The molecule has 0 radical (unpaired) electrons. The Labute approximate surface area is 112 Å². The van der Waals surface area contributed by atoms with Crippen LogP contribution in [0.4, 0.5) is 0 Å². The molecule has 2 rings (SSSR count). The van der Waals surface area contributed by atoms with Crippen molar-refractivity contribution >= 4 is 5.91 Å². The zero-order chi connectivity index (χ0) is 13.7. The van der Waals surface area contributed by atoms with Crippen molar-refractivity contribution in [3.8, 4) is 0 Å². The van der Waals surface area contributed by atoms with Gasteiger partial charge in [0.25, 0.3) is 0 Å². The smallest absolute Gasteiger partial charge is 0.240 e. The quantitative estimate of drug-likeness (QED) is 0.732. The van der Waals surface area contributed by atoms with Gasteiger partial charge in [-0.15, -0.1) is 0 Å². The molecule has 1 saturated heterocycles. The number of benzene rings is 1. The lowest BCUT2D eigenvalue weighted by atomic mass is 9.90. The molecule has 4 N–H and O–H groups in total. The van der Waals surface area contributed by atoms with Gasteiger partial charge in [0, 0.05) is 13.2 Å². The summed E-state index contributed by atoms with van der Waals surface area (Å²) in [6.07, 6.45) is 1.01. The van der Waals surface area contributed by atoms with Gasteiger partial charge >= 0.3 is 0 Å². The lowest BCUT2D eigenvalue weighted by Crippen LogP contribution is -2.57. The maximum atomic E-state index is 12.3. The van der Waals surface area contributed by atoms with Crippen LogP contribution in [0.2, 0.25) is 0 Å². The Morgan fingerprint density at radius 2 is 2.00 bits per heavy atom. The molecule has 5 heteroatoms. The van der Waals surface area contributed by atoms with Crippen LogP contribution >= 0.6 is 0 Å². The number of aliphatic hydroxyl groups is 1. The maximum Gasteiger partial charge on any atom is 0.240 e. The summed E-state index contributed by atoms with van der Waals surface area (Å²) < 4.78 is 5.22. The van der Waals surface area contributed by atoms with Crippen molar-refractivity contribution in [1.29, 1.82) is 0 Å². The van der Waals surface area contributed by atoms with Gasteiger partial charge in [-0.25, -0.2) is 0 Å². The van der Waals surface area contributed by atoms with E-state index >= 15 is 0 Å². The van der Waals surface area contributed by atoms with Crippen LogP contribution in [0, 0.1) is 0 Å². The minimum absolute atomic E-state index is 0.150. The number of rotatable bonds is 4. The minimum atomic E-state index is -0.888. The van der Waals surface area contributed by atoms with Crippen molar-refractivity contribution in [2.45, 2.75) is 24.4 Å². The van der Waals surface area contributed by atoms with Gasteiger partial charge in [0.2, 0.25) is 5.91 Å². The van der Waals surface area contributed by atoms with Gasteiger partial charge in [-0.2, -0.15) is 0 Å². The first kappa shape index (κ1) is 14.0. The average Bonchev–Trinajstić information content (AvgIpc) is 2.46. The molecule has 5 nitrogen and oxygen atoms in total. The van der Waals surface area contributed by atoms with E-state index in [2.05, 4.69) is 5.32 Å². The van der Waals surface area contributed by atoms with Crippen LogP contribution in [0.15, 0.2) is 30.3 Å². The summed E-state index contributed by atoms with van der Waals surface area (Å²) in [7, 11) is 0. The van der Waals surface area contributed by atoms with E-state index < -0.39 is 11.6 Å². The number of carbonyl (C=O) groups is 1. The Hall–Kier alpha value is -1.43. The molecule has 1 aliphatic rings. The summed E-state index contributed by atoms with van der Waals surface area (Å²) in [5, 5.41) is 12.3. The number of aliphatic hydroxyl groups excluding tert-OH is 1. The molecule has 1 fully saturated rings. The molecule has 1 heterocycles. The fourth-order valence-electron chi connectivity index (χ4n) is 2.18. The highest BCUT2D eigenvalue weighted by molar-refractivity contribution is 5.86. The van der Waals surface area contributed by atoms with Crippen LogP contribution in [0.3, 0.4) is 0 Å². The van der Waals surface area contributed by atoms with E-state index in [1.807, 2.05) is 30.3 Å². The normalized spacial score (nSPS) is 19.7. The topological polar surface area (TPSA) is 84.6 Å². The van der Waals surface area contributed by atoms with E-state index in [9.17, 15) is 9.90 Å². The second-order valence-electron chi connectivity index (χ2n) is 4.89. The Morgan fingerprint density at radius 1 is 1.37 bits per heavy atom. The van der Waals surface area contributed by atoms with Crippen molar-refractivity contribution in [3.63, 3.8) is 0 Å². The Morgan fingerprint density at radius 3 is 2.58 bits per heavy atom. The van der Waals surface area contributed by atoms with Crippen LogP contribution < -0.4 is 11.1 Å². The van der Waals surface area contributed by atoms with E-state index in [1.54, 1.807) is 0 Å². The van der Waals surface area contributed by atoms with Gasteiger partial charge in [-0.05, 0) is 18.4 Å². The minimum Gasteiger partial charge on any atom is -0.394 e. The van der Waals surface area contributed by atoms with E-state index in [0.717, 1.165) is 5.56 Å². The average molecular weight is 264 g/mol. The molecule has 0 aromatic heterocycles. The lowest BCUT2D eigenvalue weighted by molar-refractivity contribution is -0.130. The first-order valence-electron chi connectivity index (χ1n) is 6.49. The van der Waals surface area contributed by atoms with Gasteiger partial charge in [0.1, 0.15) is 0 Å². The molecule has 1 atom stereocenters. The highest BCUT2D eigenvalue weighted by Gasteiger charge is 2.36. The third-order valence-electron chi connectivity index (χ3n) is 3.53. The van der Waals surface area contributed by atoms with Crippen molar-refractivity contribution in [1.82, 2.24) is 5.32 Å². The van der Waals surface area contributed by atoms with E-state index in [4.69, 9.17) is 10.5 Å². The van der Waals surface area contributed by atoms with Gasteiger partial charge < -0.3 is 20.9 Å². The third kappa shape index (κ3) is 3.32. The monoisotopic (exact) mass is 264 g/mol. The van der Waals surface area contributed by atoms with Crippen LogP contribution in [0.25, 0.3) is 0 Å². The van der Waals surface area contributed by atoms with E-state index in [-0.39, 0.29) is 12.5 Å². The predicted octanol–water partition coefficient (Wildman–Crippen LogP) is 0.344. The van der Waals surface area contributed by atoms with Crippen LogP contribution in [0.1, 0.15) is 24.4 Å². The third-order valence-corrected chi connectivity index (χ3v) is 3.53. The maximum absolute atomic E-state index is 12.3. The molecule has 1 aromatic carbocycles. The zero-order valence-electron chi connectivity index (χ0n) is 10.8.